The monoisotopic (exact) mass is 250 g/mol. The molecule has 18 heavy (non-hydrogen) atoms. The van der Waals surface area contributed by atoms with E-state index in [-0.39, 0.29) is 5.60 Å². The first-order chi connectivity index (χ1) is 8.52. The molecule has 3 heteroatoms. The van der Waals surface area contributed by atoms with Crippen molar-refractivity contribution in [1.82, 2.24) is 0 Å². The average molecular weight is 250 g/mol. The first-order valence-corrected chi connectivity index (χ1v) is 6.46. The molecule has 1 aromatic carbocycles. The van der Waals surface area contributed by atoms with Gasteiger partial charge in [0.1, 0.15) is 5.60 Å². The molecule has 1 aromatic rings. The van der Waals surface area contributed by atoms with Crippen molar-refractivity contribution in [2.24, 2.45) is 0 Å². The summed E-state index contributed by atoms with van der Waals surface area (Å²) in [5.41, 5.74) is 2.35. The van der Waals surface area contributed by atoms with E-state index < -0.39 is 0 Å². The van der Waals surface area contributed by atoms with Crippen LogP contribution in [0.3, 0.4) is 0 Å². The first-order valence-electron chi connectivity index (χ1n) is 6.46. The molecule has 2 rings (SSSR count). The van der Waals surface area contributed by atoms with E-state index >= 15 is 0 Å². The van der Waals surface area contributed by atoms with Gasteiger partial charge in [0.05, 0.1) is 6.61 Å². The van der Waals surface area contributed by atoms with E-state index in [2.05, 4.69) is 26.8 Å². The molecule has 0 radical (unpaired) electrons. The fourth-order valence-corrected chi connectivity index (χ4v) is 2.32. The Morgan fingerprint density at radius 1 is 1.28 bits per heavy atom. The summed E-state index contributed by atoms with van der Waals surface area (Å²) in [6, 6.07) is 4.24. The van der Waals surface area contributed by atoms with Crippen molar-refractivity contribution < 1.29 is 14.2 Å². The molecule has 0 N–H and O–H groups in total. The average Bonchev–Trinajstić information content (AvgIpc) is 2.58. The molecule has 0 unspecified atom stereocenters. The van der Waals surface area contributed by atoms with Gasteiger partial charge in [-0.3, -0.25) is 0 Å². The van der Waals surface area contributed by atoms with E-state index in [1.165, 1.54) is 11.1 Å². The SMILES string of the molecule is COCCCOc1cc(C)cc2c1OC(C)(C)C2. The lowest BCUT2D eigenvalue weighted by Gasteiger charge is -2.18. The molecular formula is C15H22O3. The first kappa shape index (κ1) is 13.2. The maximum Gasteiger partial charge on any atom is 0.165 e. The lowest BCUT2D eigenvalue weighted by atomic mass is 10.0. The highest BCUT2D eigenvalue weighted by atomic mass is 16.5. The maximum atomic E-state index is 5.98. The smallest absolute Gasteiger partial charge is 0.165 e. The molecule has 1 aliphatic heterocycles. The highest BCUT2D eigenvalue weighted by Gasteiger charge is 2.32. The number of benzene rings is 1. The van der Waals surface area contributed by atoms with Crippen molar-refractivity contribution in [3.63, 3.8) is 0 Å². The summed E-state index contributed by atoms with van der Waals surface area (Å²) in [7, 11) is 1.70. The van der Waals surface area contributed by atoms with Gasteiger partial charge in [-0.25, -0.2) is 0 Å². The van der Waals surface area contributed by atoms with Crippen molar-refractivity contribution in [2.45, 2.75) is 39.2 Å². The van der Waals surface area contributed by atoms with Crippen LogP contribution in [0.5, 0.6) is 11.5 Å². The summed E-state index contributed by atoms with van der Waals surface area (Å²) in [5.74, 6) is 1.79. The minimum Gasteiger partial charge on any atom is -0.490 e. The van der Waals surface area contributed by atoms with Crippen molar-refractivity contribution in [1.29, 1.82) is 0 Å². The van der Waals surface area contributed by atoms with Crippen LogP contribution in [0.4, 0.5) is 0 Å². The highest BCUT2D eigenvalue weighted by Crippen LogP contribution is 2.42. The Balaban J connectivity index is 2.12. The minimum absolute atomic E-state index is 0.124. The second kappa shape index (κ2) is 5.19. The third-order valence-electron chi connectivity index (χ3n) is 3.02. The zero-order valence-electron chi connectivity index (χ0n) is 11.7. The van der Waals surface area contributed by atoms with Crippen LogP contribution < -0.4 is 9.47 Å². The van der Waals surface area contributed by atoms with Gasteiger partial charge in [-0.1, -0.05) is 6.07 Å². The van der Waals surface area contributed by atoms with Crippen LogP contribution in [-0.4, -0.2) is 25.9 Å². The predicted molar refractivity (Wildman–Crippen MR) is 71.6 cm³/mol. The number of aryl methyl sites for hydroxylation is 1. The van der Waals surface area contributed by atoms with Crippen LogP contribution >= 0.6 is 0 Å². The van der Waals surface area contributed by atoms with E-state index in [4.69, 9.17) is 14.2 Å². The summed E-state index contributed by atoms with van der Waals surface area (Å²) in [6.45, 7) is 7.69. The van der Waals surface area contributed by atoms with Crippen LogP contribution in [0.1, 0.15) is 31.4 Å². The Hall–Kier alpha value is -1.22. The molecule has 0 atom stereocenters. The summed E-state index contributed by atoms with van der Waals surface area (Å²) >= 11 is 0. The van der Waals surface area contributed by atoms with E-state index in [1.807, 2.05) is 6.07 Å². The highest BCUT2D eigenvalue weighted by molar-refractivity contribution is 5.52. The summed E-state index contributed by atoms with van der Waals surface area (Å²) in [6.07, 6.45) is 1.83. The summed E-state index contributed by atoms with van der Waals surface area (Å²) < 4.78 is 16.8. The molecule has 1 heterocycles. The molecule has 0 aliphatic carbocycles. The van der Waals surface area contributed by atoms with Crippen LogP contribution in [0.2, 0.25) is 0 Å². The quantitative estimate of drug-likeness (QED) is 0.751. The predicted octanol–water partition coefficient (Wildman–Crippen LogP) is 3.12. The van der Waals surface area contributed by atoms with E-state index in [0.29, 0.717) is 6.61 Å². The van der Waals surface area contributed by atoms with Gasteiger partial charge >= 0.3 is 0 Å². The van der Waals surface area contributed by atoms with Crippen molar-refractivity contribution in [2.75, 3.05) is 20.3 Å². The fraction of sp³-hybridized carbons (Fsp3) is 0.600. The number of hydrogen-bond acceptors (Lipinski definition) is 3. The largest absolute Gasteiger partial charge is 0.490 e. The Labute approximate surface area is 109 Å². The van der Waals surface area contributed by atoms with Gasteiger partial charge in [0.2, 0.25) is 0 Å². The number of fused-ring (bicyclic) bond motifs is 1. The Morgan fingerprint density at radius 3 is 2.78 bits per heavy atom. The molecule has 1 aliphatic rings. The van der Waals surface area contributed by atoms with Gasteiger partial charge in [-0.15, -0.1) is 0 Å². The second-order valence-corrected chi connectivity index (χ2v) is 5.48. The molecule has 0 fully saturated rings. The Morgan fingerprint density at radius 2 is 2.06 bits per heavy atom. The van der Waals surface area contributed by atoms with Gasteiger partial charge in [0, 0.05) is 32.1 Å². The summed E-state index contributed by atoms with van der Waals surface area (Å²) in [5, 5.41) is 0. The molecule has 0 saturated carbocycles. The van der Waals surface area contributed by atoms with Crippen molar-refractivity contribution >= 4 is 0 Å². The molecule has 3 nitrogen and oxygen atoms in total. The van der Waals surface area contributed by atoms with Gasteiger partial charge in [0.15, 0.2) is 11.5 Å². The Bertz CT molecular complexity index is 424. The molecule has 100 valence electrons. The molecule has 0 amide bonds. The van der Waals surface area contributed by atoms with Gasteiger partial charge < -0.3 is 14.2 Å². The second-order valence-electron chi connectivity index (χ2n) is 5.48. The van der Waals surface area contributed by atoms with Gasteiger partial charge in [0.25, 0.3) is 0 Å². The van der Waals surface area contributed by atoms with Crippen LogP contribution in [0.15, 0.2) is 12.1 Å². The van der Waals surface area contributed by atoms with Crippen molar-refractivity contribution in [3.8, 4) is 11.5 Å². The molecular weight excluding hydrogens is 228 g/mol. The number of hydrogen-bond donors (Lipinski definition) is 0. The zero-order chi connectivity index (χ0) is 13.2. The molecule has 0 spiro atoms. The number of methoxy groups -OCH3 is 1. The van der Waals surface area contributed by atoms with Gasteiger partial charge in [-0.05, 0) is 32.4 Å². The van der Waals surface area contributed by atoms with Crippen LogP contribution in [-0.2, 0) is 11.2 Å². The number of rotatable bonds is 5. The van der Waals surface area contributed by atoms with Crippen molar-refractivity contribution in [3.05, 3.63) is 23.3 Å². The fourth-order valence-electron chi connectivity index (χ4n) is 2.32. The Kier molecular flexibility index (Phi) is 3.81. The normalized spacial score (nSPS) is 16.2. The van der Waals surface area contributed by atoms with Crippen LogP contribution in [0.25, 0.3) is 0 Å². The maximum absolute atomic E-state index is 5.98. The minimum atomic E-state index is -0.124. The van der Waals surface area contributed by atoms with E-state index in [9.17, 15) is 0 Å². The number of ether oxygens (including phenoxy) is 3. The third kappa shape index (κ3) is 2.96. The van der Waals surface area contributed by atoms with Crippen LogP contribution in [0, 0.1) is 6.92 Å². The van der Waals surface area contributed by atoms with Gasteiger partial charge in [-0.2, -0.15) is 0 Å². The van der Waals surface area contributed by atoms with E-state index in [1.54, 1.807) is 7.11 Å². The third-order valence-corrected chi connectivity index (χ3v) is 3.02. The molecule has 0 aromatic heterocycles. The van der Waals surface area contributed by atoms with E-state index in [0.717, 1.165) is 30.9 Å². The standard InChI is InChI=1S/C15H22O3/c1-11-8-12-10-15(2,3)18-14(12)13(9-11)17-7-5-6-16-4/h8-9H,5-7,10H2,1-4H3. The topological polar surface area (TPSA) is 27.7 Å². The molecule has 0 bridgehead atoms. The zero-order valence-corrected chi connectivity index (χ0v) is 11.7. The summed E-state index contributed by atoms with van der Waals surface area (Å²) in [4.78, 5) is 0. The molecule has 0 saturated heterocycles. The lowest BCUT2D eigenvalue weighted by Crippen LogP contribution is -2.24. The lowest BCUT2D eigenvalue weighted by molar-refractivity contribution is 0.129.